The van der Waals surface area contributed by atoms with Gasteiger partial charge in [-0.1, -0.05) is 42.2 Å². The quantitative estimate of drug-likeness (QED) is 0.717. The summed E-state index contributed by atoms with van der Waals surface area (Å²) < 4.78 is 0. The summed E-state index contributed by atoms with van der Waals surface area (Å²) in [5.41, 5.74) is 9.10. The Balaban J connectivity index is 0.00000400. The highest BCUT2D eigenvalue weighted by Crippen LogP contribution is 2.17. The number of nitrogens with one attached hydrogen (secondary N) is 1. The number of carbonyl (C=O) groups excluding carboxylic acids is 1. The molecule has 0 bridgehead atoms. The second-order valence-electron chi connectivity index (χ2n) is 5.66. The number of carbonyl (C=O) groups is 1. The van der Waals surface area contributed by atoms with Crippen LogP contribution in [0, 0.1) is 13.8 Å². The molecule has 0 spiro atoms. The lowest BCUT2D eigenvalue weighted by Gasteiger charge is -2.16. The minimum atomic E-state index is 0. The van der Waals surface area contributed by atoms with E-state index < -0.39 is 0 Å². The normalized spacial score (nSPS) is 11.6. The van der Waals surface area contributed by atoms with Gasteiger partial charge in [0.05, 0.1) is 6.04 Å². The Bertz CT molecular complexity index is 415. The minimum Gasteiger partial charge on any atom is -0.350 e. The number of hydrogen-bond donors (Lipinski definition) is 2. The van der Waals surface area contributed by atoms with Crippen LogP contribution in [0.1, 0.15) is 61.8 Å². The van der Waals surface area contributed by atoms with Gasteiger partial charge in [-0.25, -0.2) is 0 Å². The number of aryl methyl sites for hydroxylation is 2. The number of hydrogen-bond acceptors (Lipinski definition) is 2. The molecule has 0 aliphatic heterocycles. The molecule has 1 aromatic rings. The van der Waals surface area contributed by atoms with Gasteiger partial charge in [-0.15, -0.1) is 12.4 Å². The summed E-state index contributed by atoms with van der Waals surface area (Å²) in [6, 6.07) is 6.50. The van der Waals surface area contributed by atoms with Crippen LogP contribution in [0.15, 0.2) is 18.2 Å². The van der Waals surface area contributed by atoms with Gasteiger partial charge < -0.3 is 11.1 Å². The Morgan fingerprint density at radius 2 is 1.67 bits per heavy atom. The first-order valence-corrected chi connectivity index (χ1v) is 7.60. The number of halogens is 1. The van der Waals surface area contributed by atoms with Crippen LogP contribution >= 0.6 is 12.4 Å². The zero-order chi connectivity index (χ0) is 15.0. The van der Waals surface area contributed by atoms with Gasteiger partial charge in [0, 0.05) is 6.42 Å². The molecule has 3 N–H and O–H groups in total. The summed E-state index contributed by atoms with van der Waals surface area (Å²) in [6.45, 7) is 6.96. The summed E-state index contributed by atoms with van der Waals surface area (Å²) in [4.78, 5) is 11.9. The third-order valence-corrected chi connectivity index (χ3v) is 3.48. The van der Waals surface area contributed by atoms with Gasteiger partial charge in [-0.05, 0) is 45.7 Å². The van der Waals surface area contributed by atoms with Crippen LogP contribution in [-0.2, 0) is 4.79 Å². The van der Waals surface area contributed by atoms with Gasteiger partial charge in [0.25, 0.3) is 0 Å². The molecule has 0 saturated heterocycles. The standard InChI is InChI=1S/C17H28N2O.ClH/c1-13-10-14(2)12-16(11-13)15(3)19-17(20)8-6-4-5-7-9-18;/h10-12,15H,4-9,18H2,1-3H3,(H,19,20);1H. The number of amides is 1. The minimum absolute atomic E-state index is 0. The largest absolute Gasteiger partial charge is 0.350 e. The first kappa shape index (κ1) is 19.9. The smallest absolute Gasteiger partial charge is 0.220 e. The van der Waals surface area contributed by atoms with Gasteiger partial charge in [0.1, 0.15) is 0 Å². The molecular formula is C17H29ClN2O. The van der Waals surface area contributed by atoms with E-state index in [4.69, 9.17) is 5.73 Å². The maximum absolute atomic E-state index is 11.9. The van der Waals surface area contributed by atoms with Crippen molar-refractivity contribution in [3.05, 3.63) is 34.9 Å². The van der Waals surface area contributed by atoms with Crippen molar-refractivity contribution in [2.24, 2.45) is 5.73 Å². The van der Waals surface area contributed by atoms with Crippen LogP contribution in [0.25, 0.3) is 0 Å². The molecule has 0 aliphatic carbocycles. The number of nitrogens with two attached hydrogens (primary N) is 1. The van der Waals surface area contributed by atoms with Crippen LogP contribution in [0.5, 0.6) is 0 Å². The van der Waals surface area contributed by atoms with Crippen LogP contribution in [-0.4, -0.2) is 12.5 Å². The molecule has 1 rings (SSSR count). The lowest BCUT2D eigenvalue weighted by Crippen LogP contribution is -2.26. The zero-order valence-electron chi connectivity index (χ0n) is 13.4. The van der Waals surface area contributed by atoms with E-state index in [1.54, 1.807) is 0 Å². The van der Waals surface area contributed by atoms with Gasteiger partial charge in [0.2, 0.25) is 5.91 Å². The fourth-order valence-corrected chi connectivity index (χ4v) is 2.44. The zero-order valence-corrected chi connectivity index (χ0v) is 14.3. The molecule has 1 aromatic carbocycles. The van der Waals surface area contributed by atoms with E-state index in [1.165, 1.54) is 16.7 Å². The highest BCUT2D eigenvalue weighted by atomic mass is 35.5. The second kappa shape index (κ2) is 10.6. The first-order chi connectivity index (χ1) is 9.52. The molecule has 1 atom stereocenters. The van der Waals surface area contributed by atoms with E-state index in [0.29, 0.717) is 6.42 Å². The van der Waals surface area contributed by atoms with Crippen molar-refractivity contribution in [2.45, 2.75) is 58.9 Å². The van der Waals surface area contributed by atoms with Crippen LogP contribution in [0.3, 0.4) is 0 Å². The lowest BCUT2D eigenvalue weighted by molar-refractivity contribution is -0.121. The molecule has 21 heavy (non-hydrogen) atoms. The van der Waals surface area contributed by atoms with E-state index >= 15 is 0 Å². The van der Waals surface area contributed by atoms with Crippen LogP contribution < -0.4 is 11.1 Å². The van der Waals surface area contributed by atoms with Crippen molar-refractivity contribution in [2.75, 3.05) is 6.54 Å². The maximum Gasteiger partial charge on any atom is 0.220 e. The highest BCUT2D eigenvalue weighted by Gasteiger charge is 2.10. The summed E-state index contributed by atoms with van der Waals surface area (Å²) in [5.74, 6) is 0.143. The van der Waals surface area contributed by atoms with Crippen molar-refractivity contribution < 1.29 is 4.79 Å². The summed E-state index contributed by atoms with van der Waals surface area (Å²) in [6.07, 6.45) is 4.82. The fourth-order valence-electron chi connectivity index (χ4n) is 2.44. The predicted octanol–water partition coefficient (Wildman–Crippen LogP) is 3.81. The molecule has 3 nitrogen and oxygen atoms in total. The topological polar surface area (TPSA) is 55.1 Å². The van der Waals surface area contributed by atoms with Crippen molar-refractivity contribution in [1.29, 1.82) is 0 Å². The molecule has 1 unspecified atom stereocenters. The Morgan fingerprint density at radius 3 is 2.24 bits per heavy atom. The van der Waals surface area contributed by atoms with Crippen molar-refractivity contribution in [3.8, 4) is 0 Å². The maximum atomic E-state index is 11.9. The lowest BCUT2D eigenvalue weighted by atomic mass is 10.0. The average molecular weight is 313 g/mol. The molecule has 120 valence electrons. The van der Waals surface area contributed by atoms with Crippen molar-refractivity contribution in [1.82, 2.24) is 5.32 Å². The molecule has 0 heterocycles. The molecule has 0 aliphatic rings. The second-order valence-corrected chi connectivity index (χ2v) is 5.66. The molecule has 4 heteroatoms. The van der Waals surface area contributed by atoms with Crippen LogP contribution in [0.4, 0.5) is 0 Å². The molecular weight excluding hydrogens is 284 g/mol. The molecule has 0 fully saturated rings. The number of rotatable bonds is 8. The van der Waals surface area contributed by atoms with E-state index in [0.717, 1.165) is 32.2 Å². The van der Waals surface area contributed by atoms with Gasteiger partial charge >= 0.3 is 0 Å². The number of unbranched alkanes of at least 4 members (excludes halogenated alkanes) is 3. The third kappa shape index (κ3) is 8.08. The Labute approximate surface area is 135 Å². The molecule has 1 amide bonds. The highest BCUT2D eigenvalue weighted by molar-refractivity contribution is 5.85. The van der Waals surface area contributed by atoms with Gasteiger partial charge in [0.15, 0.2) is 0 Å². The SMILES string of the molecule is Cc1cc(C)cc(C(C)NC(=O)CCCCCCN)c1.Cl. The van der Waals surface area contributed by atoms with E-state index in [-0.39, 0.29) is 24.4 Å². The Hall–Kier alpha value is -1.06. The fraction of sp³-hybridized carbons (Fsp3) is 0.588. The van der Waals surface area contributed by atoms with Gasteiger partial charge in [-0.3, -0.25) is 4.79 Å². The average Bonchev–Trinajstić information content (AvgIpc) is 2.37. The van der Waals surface area contributed by atoms with Crippen molar-refractivity contribution >= 4 is 18.3 Å². The summed E-state index contributed by atoms with van der Waals surface area (Å²) >= 11 is 0. The number of benzene rings is 1. The monoisotopic (exact) mass is 312 g/mol. The van der Waals surface area contributed by atoms with E-state index in [2.05, 4.69) is 37.4 Å². The summed E-state index contributed by atoms with van der Waals surface area (Å²) in [5, 5.41) is 3.08. The predicted molar refractivity (Wildman–Crippen MR) is 91.9 cm³/mol. The van der Waals surface area contributed by atoms with E-state index in [9.17, 15) is 4.79 Å². The molecule has 0 radical (unpaired) electrons. The molecule has 0 saturated carbocycles. The molecule has 0 aromatic heterocycles. The summed E-state index contributed by atoms with van der Waals surface area (Å²) in [7, 11) is 0. The van der Waals surface area contributed by atoms with E-state index in [1.807, 2.05) is 6.92 Å². The van der Waals surface area contributed by atoms with Crippen molar-refractivity contribution in [3.63, 3.8) is 0 Å². The Kier molecular flexibility index (Phi) is 10.1. The van der Waals surface area contributed by atoms with Gasteiger partial charge in [-0.2, -0.15) is 0 Å². The Morgan fingerprint density at radius 1 is 1.10 bits per heavy atom. The third-order valence-electron chi connectivity index (χ3n) is 3.48. The first-order valence-electron chi connectivity index (χ1n) is 7.60. The van der Waals surface area contributed by atoms with Crippen LogP contribution in [0.2, 0.25) is 0 Å².